The molecule has 2 aliphatic heterocycles. The lowest BCUT2D eigenvalue weighted by molar-refractivity contribution is -0.141. The van der Waals surface area contributed by atoms with E-state index < -0.39 is 0 Å². The lowest BCUT2D eigenvalue weighted by Crippen LogP contribution is -2.46. The SMILES string of the molecule is COc1cccc2cc(C(C)NCC3OC(=O)CC34CCNCC4)oc12. The van der Waals surface area contributed by atoms with Gasteiger partial charge in [0.15, 0.2) is 11.3 Å². The third-order valence-electron chi connectivity index (χ3n) is 5.84. The number of carbonyl (C=O) groups excluding carboxylic acids is 1. The Morgan fingerprint density at radius 2 is 2.19 bits per heavy atom. The summed E-state index contributed by atoms with van der Waals surface area (Å²) in [5.74, 6) is 1.52. The van der Waals surface area contributed by atoms with Crippen molar-refractivity contribution in [1.29, 1.82) is 0 Å². The second-order valence-corrected chi connectivity index (χ2v) is 7.42. The fraction of sp³-hybridized carbons (Fsp3) is 0.550. The highest BCUT2D eigenvalue weighted by atomic mass is 16.6. The van der Waals surface area contributed by atoms with Gasteiger partial charge in [-0.25, -0.2) is 0 Å². The van der Waals surface area contributed by atoms with E-state index in [1.54, 1.807) is 7.11 Å². The number of methoxy groups -OCH3 is 1. The summed E-state index contributed by atoms with van der Waals surface area (Å²) in [5, 5.41) is 7.90. The highest BCUT2D eigenvalue weighted by molar-refractivity contribution is 5.83. The molecular weight excluding hydrogens is 332 g/mol. The summed E-state index contributed by atoms with van der Waals surface area (Å²) in [4.78, 5) is 11.9. The van der Waals surface area contributed by atoms with Crippen LogP contribution in [0, 0.1) is 5.41 Å². The van der Waals surface area contributed by atoms with Gasteiger partial charge in [-0.3, -0.25) is 4.79 Å². The Morgan fingerprint density at radius 3 is 2.96 bits per heavy atom. The molecule has 6 heteroatoms. The lowest BCUT2D eigenvalue weighted by Gasteiger charge is -2.36. The van der Waals surface area contributed by atoms with Crippen molar-refractivity contribution >= 4 is 16.9 Å². The van der Waals surface area contributed by atoms with Crippen molar-refractivity contribution < 1.29 is 18.7 Å². The molecule has 26 heavy (non-hydrogen) atoms. The van der Waals surface area contributed by atoms with Crippen molar-refractivity contribution in [3.8, 4) is 5.75 Å². The largest absolute Gasteiger partial charge is 0.493 e. The van der Waals surface area contributed by atoms with Gasteiger partial charge in [-0.1, -0.05) is 12.1 Å². The number of hydrogen-bond acceptors (Lipinski definition) is 6. The molecule has 3 heterocycles. The first-order valence-corrected chi connectivity index (χ1v) is 9.31. The third-order valence-corrected chi connectivity index (χ3v) is 5.84. The van der Waals surface area contributed by atoms with E-state index in [0.717, 1.165) is 48.4 Å². The number of nitrogens with one attached hydrogen (secondary N) is 2. The number of cyclic esters (lactones) is 1. The van der Waals surface area contributed by atoms with E-state index in [1.807, 2.05) is 24.3 Å². The fourth-order valence-electron chi connectivity index (χ4n) is 4.22. The van der Waals surface area contributed by atoms with Crippen LogP contribution in [0.4, 0.5) is 0 Å². The van der Waals surface area contributed by atoms with Crippen molar-refractivity contribution in [2.24, 2.45) is 5.41 Å². The highest BCUT2D eigenvalue weighted by Gasteiger charge is 2.49. The first-order valence-electron chi connectivity index (χ1n) is 9.31. The van der Waals surface area contributed by atoms with Crippen LogP contribution in [-0.2, 0) is 9.53 Å². The van der Waals surface area contributed by atoms with E-state index >= 15 is 0 Å². The zero-order valence-electron chi connectivity index (χ0n) is 15.3. The topological polar surface area (TPSA) is 72.7 Å². The van der Waals surface area contributed by atoms with Crippen molar-refractivity contribution in [3.05, 3.63) is 30.0 Å². The first-order chi connectivity index (χ1) is 12.6. The van der Waals surface area contributed by atoms with Gasteiger partial charge in [-0.15, -0.1) is 0 Å². The van der Waals surface area contributed by atoms with Crippen molar-refractivity contribution in [1.82, 2.24) is 10.6 Å². The van der Waals surface area contributed by atoms with Crippen molar-refractivity contribution in [2.75, 3.05) is 26.7 Å². The average Bonchev–Trinajstić information content (AvgIpc) is 3.21. The molecule has 1 aromatic heterocycles. The molecule has 140 valence electrons. The second kappa shape index (κ2) is 6.93. The number of benzene rings is 1. The minimum Gasteiger partial charge on any atom is -0.493 e. The summed E-state index contributed by atoms with van der Waals surface area (Å²) >= 11 is 0. The van der Waals surface area contributed by atoms with Gasteiger partial charge in [0.25, 0.3) is 0 Å². The number of para-hydroxylation sites is 1. The summed E-state index contributed by atoms with van der Waals surface area (Å²) in [5.41, 5.74) is 0.743. The Balaban J connectivity index is 1.46. The van der Waals surface area contributed by atoms with Crippen LogP contribution in [0.15, 0.2) is 28.7 Å². The maximum absolute atomic E-state index is 11.9. The lowest BCUT2D eigenvalue weighted by atomic mass is 9.73. The summed E-state index contributed by atoms with van der Waals surface area (Å²) in [6.45, 7) is 4.61. The number of carbonyl (C=O) groups is 1. The number of ether oxygens (including phenoxy) is 2. The minimum absolute atomic E-state index is 0.0187. The Morgan fingerprint density at radius 1 is 1.38 bits per heavy atom. The molecule has 1 spiro atoms. The number of hydrogen-bond donors (Lipinski definition) is 2. The van der Waals surface area contributed by atoms with Crippen LogP contribution in [-0.4, -0.2) is 38.8 Å². The van der Waals surface area contributed by atoms with E-state index in [9.17, 15) is 4.79 Å². The molecule has 0 bridgehead atoms. The molecule has 0 amide bonds. The quantitative estimate of drug-likeness (QED) is 0.801. The fourth-order valence-corrected chi connectivity index (χ4v) is 4.22. The molecule has 1 aromatic carbocycles. The Labute approximate surface area is 153 Å². The molecule has 6 nitrogen and oxygen atoms in total. The predicted molar refractivity (Wildman–Crippen MR) is 98.2 cm³/mol. The Bertz CT molecular complexity index is 794. The van der Waals surface area contributed by atoms with Crippen LogP contribution in [0.5, 0.6) is 5.75 Å². The van der Waals surface area contributed by atoms with Crippen LogP contribution < -0.4 is 15.4 Å². The van der Waals surface area contributed by atoms with Crippen LogP contribution in [0.3, 0.4) is 0 Å². The molecule has 4 rings (SSSR count). The van der Waals surface area contributed by atoms with Crippen LogP contribution in [0.1, 0.15) is 38.0 Å². The van der Waals surface area contributed by atoms with E-state index in [0.29, 0.717) is 13.0 Å². The van der Waals surface area contributed by atoms with Gasteiger partial charge in [0, 0.05) is 17.3 Å². The summed E-state index contributed by atoms with van der Waals surface area (Å²) in [7, 11) is 1.64. The molecule has 2 aromatic rings. The van der Waals surface area contributed by atoms with Gasteiger partial charge >= 0.3 is 5.97 Å². The van der Waals surface area contributed by atoms with Gasteiger partial charge < -0.3 is 24.5 Å². The number of fused-ring (bicyclic) bond motifs is 1. The number of esters is 1. The summed E-state index contributed by atoms with van der Waals surface area (Å²) in [6, 6.07) is 7.92. The summed E-state index contributed by atoms with van der Waals surface area (Å²) in [6.07, 6.45) is 2.44. The molecular formula is C20H26N2O4. The first kappa shape index (κ1) is 17.4. The number of piperidine rings is 1. The van der Waals surface area contributed by atoms with Crippen molar-refractivity contribution in [2.45, 2.75) is 38.3 Å². The van der Waals surface area contributed by atoms with E-state index in [1.165, 1.54) is 0 Å². The van der Waals surface area contributed by atoms with E-state index in [2.05, 4.69) is 17.6 Å². The van der Waals surface area contributed by atoms with E-state index in [4.69, 9.17) is 13.9 Å². The molecule has 2 unspecified atom stereocenters. The molecule has 2 aliphatic rings. The minimum atomic E-state index is -0.0709. The maximum atomic E-state index is 11.9. The second-order valence-electron chi connectivity index (χ2n) is 7.42. The Kier molecular flexibility index (Phi) is 4.63. The van der Waals surface area contributed by atoms with Gasteiger partial charge in [0.05, 0.1) is 19.6 Å². The molecule has 2 N–H and O–H groups in total. The maximum Gasteiger partial charge on any atom is 0.306 e. The van der Waals surface area contributed by atoms with E-state index in [-0.39, 0.29) is 23.5 Å². The molecule has 0 aliphatic carbocycles. The Hall–Kier alpha value is -2.05. The normalized spacial score (nSPS) is 23.3. The standard InChI is InChI=1S/C20H26N2O4/c1-13(16-10-14-4-3-5-15(24-2)19(14)25-16)22-12-17-20(11-18(23)26-17)6-8-21-9-7-20/h3-5,10,13,17,21-22H,6-9,11-12H2,1-2H3. The molecule has 2 atom stereocenters. The average molecular weight is 358 g/mol. The molecule has 0 saturated carbocycles. The van der Waals surface area contributed by atoms with Crippen LogP contribution in [0.2, 0.25) is 0 Å². The van der Waals surface area contributed by atoms with Crippen molar-refractivity contribution in [3.63, 3.8) is 0 Å². The number of rotatable bonds is 5. The number of furan rings is 1. The molecule has 2 saturated heterocycles. The van der Waals surface area contributed by atoms with Gasteiger partial charge in [0.2, 0.25) is 0 Å². The van der Waals surface area contributed by atoms with Gasteiger partial charge in [-0.2, -0.15) is 0 Å². The van der Waals surface area contributed by atoms with Gasteiger partial charge in [-0.05, 0) is 45.0 Å². The predicted octanol–water partition coefficient (Wildman–Crippen LogP) is 2.78. The monoisotopic (exact) mass is 358 g/mol. The summed E-state index contributed by atoms with van der Waals surface area (Å²) < 4.78 is 17.0. The smallest absolute Gasteiger partial charge is 0.306 e. The molecule has 2 fully saturated rings. The zero-order chi connectivity index (χ0) is 18.1. The third kappa shape index (κ3) is 3.08. The van der Waals surface area contributed by atoms with Crippen LogP contribution in [0.25, 0.3) is 11.0 Å². The molecule has 0 radical (unpaired) electrons. The van der Waals surface area contributed by atoms with Crippen LogP contribution >= 0.6 is 0 Å². The van der Waals surface area contributed by atoms with Gasteiger partial charge in [0.1, 0.15) is 11.9 Å². The zero-order valence-corrected chi connectivity index (χ0v) is 15.3. The highest BCUT2D eigenvalue weighted by Crippen LogP contribution is 2.43.